The molecule has 0 aromatic heterocycles. The lowest BCUT2D eigenvalue weighted by molar-refractivity contribution is 0.0279. The van der Waals surface area contributed by atoms with Crippen LogP contribution < -0.4 is 10.5 Å². The molecule has 0 fully saturated rings. The van der Waals surface area contributed by atoms with Gasteiger partial charge in [-0.15, -0.1) is 0 Å². The molecule has 0 aliphatic heterocycles. The van der Waals surface area contributed by atoms with Crippen LogP contribution in [-0.4, -0.2) is 17.3 Å². The Bertz CT molecular complexity index is 359. The summed E-state index contributed by atoms with van der Waals surface area (Å²) in [6.45, 7) is 5.13. The molecule has 0 bridgehead atoms. The number of nitrogens with two attached hydrogens (primary N) is 1. The molecule has 0 spiro atoms. The summed E-state index contributed by atoms with van der Waals surface area (Å²) in [6, 6.07) is 3.98. The van der Waals surface area contributed by atoms with Gasteiger partial charge in [-0.1, -0.05) is 6.07 Å². The van der Waals surface area contributed by atoms with Crippen molar-refractivity contribution in [1.29, 1.82) is 0 Å². The largest absolute Gasteiger partial charge is 0.490 e. The molecule has 1 rings (SSSR count). The van der Waals surface area contributed by atoms with Crippen LogP contribution in [0.2, 0.25) is 0 Å². The minimum Gasteiger partial charge on any atom is -0.490 e. The van der Waals surface area contributed by atoms with Gasteiger partial charge in [0.25, 0.3) is 0 Å². The second-order valence-electron chi connectivity index (χ2n) is 4.57. The molecular weight excluding hydrogens is 209 g/mol. The lowest BCUT2D eigenvalue weighted by Gasteiger charge is -2.20. The van der Waals surface area contributed by atoms with E-state index in [2.05, 4.69) is 0 Å². The number of halogens is 1. The van der Waals surface area contributed by atoms with Gasteiger partial charge < -0.3 is 15.6 Å². The summed E-state index contributed by atoms with van der Waals surface area (Å²) < 4.78 is 18.4. The molecule has 1 aromatic carbocycles. The van der Waals surface area contributed by atoms with Crippen molar-refractivity contribution in [2.24, 2.45) is 5.73 Å². The summed E-state index contributed by atoms with van der Waals surface area (Å²) >= 11 is 0. The molecule has 1 atom stereocenters. The van der Waals surface area contributed by atoms with Crippen LogP contribution in [0.15, 0.2) is 18.2 Å². The molecule has 0 aliphatic carbocycles. The van der Waals surface area contributed by atoms with Crippen molar-refractivity contribution in [3.8, 4) is 5.75 Å². The lowest BCUT2D eigenvalue weighted by Crippen LogP contribution is -2.28. The molecule has 4 heteroatoms. The Morgan fingerprint density at radius 1 is 1.50 bits per heavy atom. The number of rotatable bonds is 4. The first kappa shape index (κ1) is 12.9. The molecule has 0 saturated carbocycles. The predicted octanol–water partition coefficient (Wildman–Crippen LogP) is 2.00. The van der Waals surface area contributed by atoms with Crippen molar-refractivity contribution < 1.29 is 14.2 Å². The van der Waals surface area contributed by atoms with Crippen molar-refractivity contribution in [3.63, 3.8) is 0 Å². The van der Waals surface area contributed by atoms with E-state index >= 15 is 0 Å². The van der Waals surface area contributed by atoms with Crippen LogP contribution in [0, 0.1) is 5.82 Å². The maximum atomic E-state index is 13.0. The van der Waals surface area contributed by atoms with E-state index in [0.29, 0.717) is 5.75 Å². The van der Waals surface area contributed by atoms with Crippen molar-refractivity contribution in [2.75, 3.05) is 6.61 Å². The third kappa shape index (κ3) is 3.79. The lowest BCUT2D eigenvalue weighted by atomic mass is 10.1. The topological polar surface area (TPSA) is 55.5 Å². The van der Waals surface area contributed by atoms with E-state index in [1.54, 1.807) is 26.8 Å². The van der Waals surface area contributed by atoms with E-state index in [4.69, 9.17) is 10.5 Å². The smallest absolute Gasteiger partial charge is 0.127 e. The molecule has 0 radical (unpaired) electrons. The van der Waals surface area contributed by atoms with Gasteiger partial charge in [-0.05, 0) is 26.8 Å². The van der Waals surface area contributed by atoms with Crippen molar-refractivity contribution in [1.82, 2.24) is 0 Å². The molecular formula is C12H18FNO2. The van der Waals surface area contributed by atoms with E-state index in [9.17, 15) is 9.50 Å². The molecule has 90 valence electrons. The summed E-state index contributed by atoms with van der Waals surface area (Å²) in [7, 11) is 0. The quantitative estimate of drug-likeness (QED) is 0.827. The zero-order valence-electron chi connectivity index (χ0n) is 9.83. The predicted molar refractivity (Wildman–Crippen MR) is 60.8 cm³/mol. The van der Waals surface area contributed by atoms with Crippen molar-refractivity contribution in [2.45, 2.75) is 32.4 Å². The fraction of sp³-hybridized carbons (Fsp3) is 0.500. The number of hydrogen-bond donors (Lipinski definition) is 2. The van der Waals surface area contributed by atoms with Crippen LogP contribution in [0.5, 0.6) is 5.75 Å². The Morgan fingerprint density at radius 3 is 2.62 bits per heavy atom. The van der Waals surface area contributed by atoms with Crippen molar-refractivity contribution in [3.05, 3.63) is 29.6 Å². The van der Waals surface area contributed by atoms with Gasteiger partial charge in [0.1, 0.15) is 18.2 Å². The molecule has 0 aliphatic rings. The van der Waals surface area contributed by atoms with E-state index in [-0.39, 0.29) is 18.5 Å². The molecule has 16 heavy (non-hydrogen) atoms. The second kappa shape index (κ2) is 4.80. The summed E-state index contributed by atoms with van der Waals surface area (Å²) in [5.41, 5.74) is 5.51. The van der Waals surface area contributed by atoms with E-state index < -0.39 is 5.60 Å². The average molecular weight is 227 g/mol. The minimum atomic E-state index is -0.957. The number of aliphatic hydroxyl groups is 1. The molecule has 0 saturated heterocycles. The monoisotopic (exact) mass is 227 g/mol. The van der Waals surface area contributed by atoms with Gasteiger partial charge in [-0.2, -0.15) is 0 Å². The van der Waals surface area contributed by atoms with Crippen LogP contribution in [0.3, 0.4) is 0 Å². The molecule has 0 heterocycles. The van der Waals surface area contributed by atoms with Gasteiger partial charge in [0.05, 0.1) is 5.60 Å². The summed E-state index contributed by atoms with van der Waals surface area (Å²) in [5, 5.41) is 9.53. The van der Waals surface area contributed by atoms with Crippen LogP contribution >= 0.6 is 0 Å². The zero-order chi connectivity index (χ0) is 12.3. The minimum absolute atomic E-state index is 0.0934. The summed E-state index contributed by atoms with van der Waals surface area (Å²) in [4.78, 5) is 0. The van der Waals surface area contributed by atoms with Crippen LogP contribution in [0.1, 0.15) is 32.4 Å². The highest BCUT2D eigenvalue weighted by Crippen LogP contribution is 2.25. The van der Waals surface area contributed by atoms with Crippen LogP contribution in [-0.2, 0) is 0 Å². The Labute approximate surface area is 95.0 Å². The average Bonchev–Trinajstić information content (AvgIpc) is 2.13. The maximum absolute atomic E-state index is 13.0. The molecule has 3 nitrogen and oxygen atoms in total. The van der Waals surface area contributed by atoms with Gasteiger partial charge >= 0.3 is 0 Å². The highest BCUT2D eigenvalue weighted by Gasteiger charge is 2.16. The standard InChI is InChI=1S/C12H18FNO2/c1-8(14)10-5-4-9(13)6-11(10)16-7-12(2,3)15/h4-6,8,15H,7,14H2,1-3H3/t8-/m0/s1. The highest BCUT2D eigenvalue weighted by molar-refractivity contribution is 5.36. The maximum Gasteiger partial charge on any atom is 0.127 e. The first-order valence-electron chi connectivity index (χ1n) is 5.20. The molecule has 3 N–H and O–H groups in total. The Hall–Kier alpha value is -1.13. The molecule has 0 amide bonds. The summed E-state index contributed by atoms with van der Waals surface area (Å²) in [6.07, 6.45) is 0. The Balaban J connectivity index is 2.88. The third-order valence-corrected chi connectivity index (χ3v) is 2.05. The zero-order valence-corrected chi connectivity index (χ0v) is 9.83. The first-order chi connectivity index (χ1) is 7.29. The Kier molecular flexibility index (Phi) is 3.88. The number of ether oxygens (including phenoxy) is 1. The van der Waals surface area contributed by atoms with E-state index in [0.717, 1.165) is 5.56 Å². The van der Waals surface area contributed by atoms with Gasteiger partial charge in [-0.25, -0.2) is 4.39 Å². The first-order valence-corrected chi connectivity index (χ1v) is 5.20. The van der Waals surface area contributed by atoms with Crippen LogP contribution in [0.25, 0.3) is 0 Å². The van der Waals surface area contributed by atoms with Gasteiger partial charge in [-0.3, -0.25) is 0 Å². The number of hydrogen-bond acceptors (Lipinski definition) is 3. The normalized spacial score (nSPS) is 13.6. The third-order valence-electron chi connectivity index (χ3n) is 2.05. The highest BCUT2D eigenvalue weighted by atomic mass is 19.1. The van der Waals surface area contributed by atoms with Gasteiger partial charge in [0, 0.05) is 17.7 Å². The Morgan fingerprint density at radius 2 is 2.12 bits per heavy atom. The van der Waals surface area contributed by atoms with Crippen molar-refractivity contribution >= 4 is 0 Å². The second-order valence-corrected chi connectivity index (χ2v) is 4.57. The molecule has 0 unspecified atom stereocenters. The number of benzene rings is 1. The van der Waals surface area contributed by atoms with Gasteiger partial charge in [0.15, 0.2) is 0 Å². The SMILES string of the molecule is C[C@H](N)c1ccc(F)cc1OCC(C)(C)O. The summed E-state index contributed by atoms with van der Waals surface area (Å²) in [5.74, 6) is 0.00673. The fourth-order valence-electron chi connectivity index (χ4n) is 1.26. The van der Waals surface area contributed by atoms with Crippen LogP contribution in [0.4, 0.5) is 4.39 Å². The van der Waals surface area contributed by atoms with E-state index in [1.165, 1.54) is 12.1 Å². The molecule has 1 aromatic rings. The van der Waals surface area contributed by atoms with Gasteiger partial charge in [0.2, 0.25) is 0 Å². The fourth-order valence-corrected chi connectivity index (χ4v) is 1.26. The van der Waals surface area contributed by atoms with E-state index in [1.807, 2.05) is 0 Å².